The van der Waals surface area contributed by atoms with Crippen molar-refractivity contribution in [3.63, 3.8) is 0 Å². The van der Waals surface area contributed by atoms with Gasteiger partial charge < -0.3 is 5.11 Å². The lowest BCUT2D eigenvalue weighted by atomic mass is 9.49. The summed E-state index contributed by atoms with van der Waals surface area (Å²) in [7, 11) is 7.10. The first kappa shape index (κ1) is 17.8. The average Bonchev–Trinajstić information content (AvgIpc) is 2.63. The van der Waals surface area contributed by atoms with Crippen molar-refractivity contribution in [3.8, 4) is 0 Å². The first-order chi connectivity index (χ1) is 11.2. The molecule has 0 aliphatic heterocycles. The summed E-state index contributed by atoms with van der Waals surface area (Å²) in [5.41, 5.74) is 0. The largest absolute Gasteiger partial charge is 0.393 e. The standard InChI is InChI=1S/C21H37BO/c22-21(15-8-4-1-5-9-16-21)20-18-13-7-3-2-6-11-17(18)12-10-14-19(20)23/h17-20,23H,1-16H2. The molecule has 3 saturated carbocycles. The van der Waals surface area contributed by atoms with Crippen LogP contribution in [-0.4, -0.2) is 19.1 Å². The lowest BCUT2D eigenvalue weighted by Gasteiger charge is -2.48. The number of hydrogen-bond acceptors (Lipinski definition) is 1. The van der Waals surface area contributed by atoms with Crippen LogP contribution in [0, 0.1) is 17.8 Å². The Bertz CT molecular complexity index is 346. The average molecular weight is 316 g/mol. The van der Waals surface area contributed by atoms with Crippen molar-refractivity contribution < 1.29 is 5.11 Å². The van der Waals surface area contributed by atoms with Crippen LogP contribution in [0.2, 0.25) is 5.31 Å². The maximum atomic E-state index is 11.0. The van der Waals surface area contributed by atoms with E-state index in [9.17, 15) is 5.11 Å². The van der Waals surface area contributed by atoms with Gasteiger partial charge in [0.25, 0.3) is 0 Å². The van der Waals surface area contributed by atoms with E-state index in [4.69, 9.17) is 7.85 Å². The second kappa shape index (κ2) is 8.41. The summed E-state index contributed by atoms with van der Waals surface area (Å²) in [5.74, 6) is 1.90. The molecule has 2 heteroatoms. The molecule has 0 heterocycles. The third-order valence-corrected chi connectivity index (χ3v) is 7.37. The summed E-state index contributed by atoms with van der Waals surface area (Å²) in [6.07, 6.45) is 20.6. The van der Waals surface area contributed by atoms with Gasteiger partial charge in [0.15, 0.2) is 0 Å². The maximum Gasteiger partial charge on any atom is 0.0751 e. The maximum absolute atomic E-state index is 11.0. The number of aliphatic hydroxyl groups excluding tert-OH is 1. The van der Waals surface area contributed by atoms with Crippen molar-refractivity contribution in [1.29, 1.82) is 0 Å². The lowest BCUT2D eigenvalue weighted by Crippen LogP contribution is -2.41. The van der Waals surface area contributed by atoms with Gasteiger partial charge in [0.2, 0.25) is 0 Å². The van der Waals surface area contributed by atoms with Crippen LogP contribution >= 0.6 is 0 Å². The quantitative estimate of drug-likeness (QED) is 0.606. The summed E-state index contributed by atoms with van der Waals surface area (Å²) >= 11 is 0. The van der Waals surface area contributed by atoms with Crippen LogP contribution in [0.3, 0.4) is 0 Å². The molecule has 0 bridgehead atoms. The summed E-state index contributed by atoms with van der Waals surface area (Å²) in [6, 6.07) is 0. The van der Waals surface area contributed by atoms with E-state index in [-0.39, 0.29) is 11.4 Å². The van der Waals surface area contributed by atoms with Crippen molar-refractivity contribution >= 4 is 7.85 Å². The minimum absolute atomic E-state index is 0.0910. The van der Waals surface area contributed by atoms with E-state index < -0.39 is 0 Å². The van der Waals surface area contributed by atoms with Crippen molar-refractivity contribution in [2.45, 2.75) is 114 Å². The van der Waals surface area contributed by atoms with Crippen LogP contribution < -0.4 is 0 Å². The Hall–Kier alpha value is 0.0249. The Labute approximate surface area is 145 Å². The number of hydrogen-bond donors (Lipinski definition) is 1. The fraction of sp³-hybridized carbons (Fsp3) is 1.00. The lowest BCUT2D eigenvalue weighted by molar-refractivity contribution is 0.0144. The zero-order valence-corrected chi connectivity index (χ0v) is 15.1. The molecule has 4 unspecified atom stereocenters. The highest BCUT2D eigenvalue weighted by Gasteiger charge is 2.45. The predicted molar refractivity (Wildman–Crippen MR) is 98.8 cm³/mol. The van der Waals surface area contributed by atoms with Gasteiger partial charge in [0, 0.05) is 0 Å². The zero-order valence-electron chi connectivity index (χ0n) is 15.1. The Kier molecular flexibility index (Phi) is 6.52. The summed E-state index contributed by atoms with van der Waals surface area (Å²) in [5, 5.41) is 11.0. The van der Waals surface area contributed by atoms with E-state index in [1.54, 1.807) is 0 Å². The van der Waals surface area contributed by atoms with Gasteiger partial charge in [0.1, 0.15) is 0 Å². The van der Waals surface area contributed by atoms with Crippen molar-refractivity contribution in [2.24, 2.45) is 17.8 Å². The fourth-order valence-corrected chi connectivity index (χ4v) is 6.18. The van der Waals surface area contributed by atoms with Crippen LogP contribution in [0.15, 0.2) is 0 Å². The van der Waals surface area contributed by atoms with E-state index in [0.29, 0.717) is 11.8 Å². The molecule has 130 valence electrons. The number of rotatable bonds is 1. The highest BCUT2D eigenvalue weighted by Crippen LogP contribution is 2.55. The first-order valence-electron chi connectivity index (χ1n) is 10.7. The molecule has 0 aromatic heterocycles. The SMILES string of the molecule is [B]C1(C2C(O)CCCC3CCCCCCC32)CCCCCCC1. The minimum atomic E-state index is -0.145. The molecule has 3 aliphatic rings. The molecule has 3 aliphatic carbocycles. The second-order valence-electron chi connectivity index (χ2n) is 8.94. The number of aliphatic hydroxyl groups is 1. The molecule has 0 amide bonds. The van der Waals surface area contributed by atoms with Gasteiger partial charge in [-0.3, -0.25) is 0 Å². The molecule has 0 aromatic rings. The number of fused-ring (bicyclic) bond motifs is 1. The summed E-state index contributed by atoms with van der Waals surface area (Å²) < 4.78 is 0. The molecule has 23 heavy (non-hydrogen) atoms. The Morgan fingerprint density at radius 1 is 0.652 bits per heavy atom. The topological polar surface area (TPSA) is 20.2 Å². The van der Waals surface area contributed by atoms with Gasteiger partial charge in [-0.15, -0.1) is 0 Å². The Morgan fingerprint density at radius 2 is 1.22 bits per heavy atom. The summed E-state index contributed by atoms with van der Waals surface area (Å²) in [6.45, 7) is 0. The van der Waals surface area contributed by atoms with Crippen LogP contribution in [0.5, 0.6) is 0 Å². The van der Waals surface area contributed by atoms with E-state index in [2.05, 4.69) is 0 Å². The molecular weight excluding hydrogens is 279 g/mol. The van der Waals surface area contributed by atoms with Crippen LogP contribution in [-0.2, 0) is 0 Å². The molecule has 1 nitrogen and oxygen atoms in total. The van der Waals surface area contributed by atoms with Gasteiger partial charge in [-0.05, 0) is 30.6 Å². The van der Waals surface area contributed by atoms with Gasteiger partial charge in [-0.1, -0.05) is 95.2 Å². The molecule has 1 N–H and O–H groups in total. The third kappa shape index (κ3) is 4.36. The molecular formula is C21H37BO. The molecule has 0 spiro atoms. The Balaban J connectivity index is 1.83. The van der Waals surface area contributed by atoms with Gasteiger partial charge in [-0.25, -0.2) is 0 Å². The molecule has 3 rings (SSSR count). The van der Waals surface area contributed by atoms with Gasteiger partial charge in [-0.2, -0.15) is 0 Å². The molecule has 4 atom stereocenters. The molecule has 0 aromatic carbocycles. The van der Waals surface area contributed by atoms with Crippen molar-refractivity contribution in [3.05, 3.63) is 0 Å². The first-order valence-corrected chi connectivity index (χ1v) is 10.7. The van der Waals surface area contributed by atoms with Crippen molar-refractivity contribution in [2.75, 3.05) is 0 Å². The highest BCUT2D eigenvalue weighted by atomic mass is 16.3. The van der Waals surface area contributed by atoms with Crippen molar-refractivity contribution in [1.82, 2.24) is 0 Å². The third-order valence-electron chi connectivity index (χ3n) is 7.37. The Morgan fingerprint density at radius 3 is 1.96 bits per heavy atom. The minimum Gasteiger partial charge on any atom is -0.393 e. The van der Waals surface area contributed by atoms with E-state index in [1.807, 2.05) is 0 Å². The molecule has 2 radical (unpaired) electrons. The van der Waals surface area contributed by atoms with Gasteiger partial charge in [0.05, 0.1) is 14.0 Å². The van der Waals surface area contributed by atoms with Gasteiger partial charge >= 0.3 is 0 Å². The monoisotopic (exact) mass is 316 g/mol. The highest BCUT2D eigenvalue weighted by molar-refractivity contribution is 6.15. The van der Waals surface area contributed by atoms with Crippen LogP contribution in [0.25, 0.3) is 0 Å². The smallest absolute Gasteiger partial charge is 0.0751 e. The normalized spacial score (nSPS) is 39.9. The second-order valence-corrected chi connectivity index (χ2v) is 8.94. The predicted octanol–water partition coefficient (Wildman–Crippen LogP) is 5.81. The zero-order chi connectivity index (χ0) is 16.1. The van der Waals surface area contributed by atoms with Crippen LogP contribution in [0.4, 0.5) is 0 Å². The van der Waals surface area contributed by atoms with Crippen LogP contribution in [0.1, 0.15) is 103 Å². The van der Waals surface area contributed by atoms with E-state index >= 15 is 0 Å². The fourth-order valence-electron chi connectivity index (χ4n) is 6.18. The van der Waals surface area contributed by atoms with E-state index in [1.165, 1.54) is 83.5 Å². The van der Waals surface area contributed by atoms with E-state index in [0.717, 1.165) is 25.2 Å². The molecule has 0 saturated heterocycles. The summed E-state index contributed by atoms with van der Waals surface area (Å²) in [4.78, 5) is 0. The molecule has 3 fully saturated rings.